The quantitative estimate of drug-likeness (QED) is 0.506. The van der Waals surface area contributed by atoms with Gasteiger partial charge in [-0.1, -0.05) is 45.8 Å². The van der Waals surface area contributed by atoms with Crippen LogP contribution in [0.4, 0.5) is 0 Å². The van der Waals surface area contributed by atoms with Crippen LogP contribution in [0.2, 0.25) is 0 Å². The van der Waals surface area contributed by atoms with Crippen molar-refractivity contribution in [1.82, 2.24) is 0 Å². The molecular formula is C17H30O2. The van der Waals surface area contributed by atoms with Gasteiger partial charge in [-0.2, -0.15) is 0 Å². The Hall–Kier alpha value is -0.790. The second-order valence-corrected chi connectivity index (χ2v) is 7.20. The largest absolute Gasteiger partial charge is 0.459 e. The van der Waals surface area contributed by atoms with E-state index in [1.165, 1.54) is 5.57 Å². The fourth-order valence-corrected chi connectivity index (χ4v) is 2.94. The first-order valence-corrected chi connectivity index (χ1v) is 7.52. The van der Waals surface area contributed by atoms with E-state index in [9.17, 15) is 4.79 Å². The Morgan fingerprint density at radius 2 is 1.84 bits per heavy atom. The monoisotopic (exact) mass is 266 g/mol. The van der Waals surface area contributed by atoms with Crippen LogP contribution in [0.5, 0.6) is 0 Å². The van der Waals surface area contributed by atoms with Gasteiger partial charge in [0.05, 0.1) is 5.41 Å². The van der Waals surface area contributed by atoms with Crippen LogP contribution in [-0.2, 0) is 9.53 Å². The topological polar surface area (TPSA) is 26.3 Å². The molecule has 1 aliphatic carbocycles. The molecule has 110 valence electrons. The second-order valence-electron chi connectivity index (χ2n) is 7.20. The van der Waals surface area contributed by atoms with Crippen molar-refractivity contribution in [3.8, 4) is 0 Å². The average Bonchev–Trinajstić information content (AvgIpc) is 2.81. The lowest BCUT2D eigenvalue weighted by Crippen LogP contribution is -2.35. The van der Waals surface area contributed by atoms with E-state index in [-0.39, 0.29) is 17.0 Å². The lowest BCUT2D eigenvalue weighted by molar-refractivity contribution is -0.165. The van der Waals surface area contributed by atoms with Crippen molar-refractivity contribution in [3.63, 3.8) is 0 Å². The molecule has 0 spiro atoms. The summed E-state index contributed by atoms with van der Waals surface area (Å²) in [4.78, 5) is 12.7. The molecule has 0 amide bonds. The number of carbonyl (C=O) groups is 1. The Kier molecular flexibility index (Phi) is 4.54. The maximum atomic E-state index is 12.7. The molecule has 19 heavy (non-hydrogen) atoms. The fourth-order valence-electron chi connectivity index (χ4n) is 2.94. The predicted molar refractivity (Wildman–Crippen MR) is 80.0 cm³/mol. The third-order valence-corrected chi connectivity index (χ3v) is 4.57. The molecule has 0 N–H and O–H groups in total. The van der Waals surface area contributed by atoms with Gasteiger partial charge in [-0.05, 0) is 45.4 Å². The normalized spacial score (nSPS) is 27.3. The van der Waals surface area contributed by atoms with Crippen molar-refractivity contribution in [3.05, 3.63) is 11.6 Å². The van der Waals surface area contributed by atoms with Crippen molar-refractivity contribution in [2.45, 2.75) is 79.8 Å². The highest BCUT2D eigenvalue weighted by Gasteiger charge is 2.66. The third kappa shape index (κ3) is 3.21. The number of hydrogen-bond acceptors (Lipinski definition) is 2. The zero-order valence-electron chi connectivity index (χ0n) is 13.7. The standard InChI is InChI=1S/C17H30O2/c1-8-10-16(7,9-2)19-14(18)17(11-13(3)4)12-15(17,5)6/h11H,8-10,12H2,1-7H3. The summed E-state index contributed by atoms with van der Waals surface area (Å²) in [7, 11) is 0. The minimum atomic E-state index is -0.393. The molecule has 1 fully saturated rings. The van der Waals surface area contributed by atoms with E-state index in [4.69, 9.17) is 4.74 Å². The van der Waals surface area contributed by atoms with Gasteiger partial charge < -0.3 is 4.74 Å². The molecule has 0 aromatic carbocycles. The van der Waals surface area contributed by atoms with Gasteiger partial charge in [0.25, 0.3) is 0 Å². The Bertz CT molecular complexity index is 377. The van der Waals surface area contributed by atoms with Crippen LogP contribution in [0.25, 0.3) is 0 Å². The number of esters is 1. The number of rotatable bonds is 6. The van der Waals surface area contributed by atoms with E-state index in [1.807, 2.05) is 0 Å². The van der Waals surface area contributed by atoms with Crippen LogP contribution in [0.3, 0.4) is 0 Å². The maximum Gasteiger partial charge on any atom is 0.317 e. The van der Waals surface area contributed by atoms with Gasteiger partial charge in [0.2, 0.25) is 0 Å². The first-order valence-electron chi connectivity index (χ1n) is 7.52. The van der Waals surface area contributed by atoms with Gasteiger partial charge in [-0.3, -0.25) is 4.79 Å². The predicted octanol–water partition coefficient (Wildman–Crippen LogP) is 4.88. The molecular weight excluding hydrogens is 236 g/mol. The molecule has 0 aromatic heterocycles. The summed E-state index contributed by atoms with van der Waals surface area (Å²) in [5.41, 5.74) is 0.516. The van der Waals surface area contributed by atoms with Crippen LogP contribution < -0.4 is 0 Å². The molecule has 2 unspecified atom stereocenters. The average molecular weight is 266 g/mol. The third-order valence-electron chi connectivity index (χ3n) is 4.57. The number of ether oxygens (including phenoxy) is 1. The Labute approximate surface area is 118 Å². The molecule has 0 radical (unpaired) electrons. The highest BCUT2D eigenvalue weighted by atomic mass is 16.6. The van der Waals surface area contributed by atoms with E-state index in [1.54, 1.807) is 0 Å². The summed E-state index contributed by atoms with van der Waals surface area (Å²) >= 11 is 0. The lowest BCUT2D eigenvalue weighted by atomic mass is 9.92. The van der Waals surface area contributed by atoms with E-state index >= 15 is 0 Å². The zero-order valence-corrected chi connectivity index (χ0v) is 13.7. The number of allylic oxidation sites excluding steroid dienone is 1. The van der Waals surface area contributed by atoms with Crippen LogP contribution >= 0.6 is 0 Å². The zero-order chi connectivity index (χ0) is 14.9. The Balaban J connectivity index is 2.90. The lowest BCUT2D eigenvalue weighted by Gasteiger charge is -2.30. The molecule has 2 atom stereocenters. The van der Waals surface area contributed by atoms with Gasteiger partial charge in [0.1, 0.15) is 5.60 Å². The molecule has 0 aliphatic heterocycles. The molecule has 0 bridgehead atoms. The van der Waals surface area contributed by atoms with Gasteiger partial charge >= 0.3 is 5.97 Å². The fraction of sp³-hybridized carbons (Fsp3) is 0.824. The maximum absolute atomic E-state index is 12.7. The molecule has 1 aliphatic rings. The number of hydrogen-bond donors (Lipinski definition) is 0. The highest BCUT2D eigenvalue weighted by Crippen LogP contribution is 2.65. The first-order chi connectivity index (χ1) is 8.62. The Morgan fingerprint density at radius 1 is 1.32 bits per heavy atom. The summed E-state index contributed by atoms with van der Waals surface area (Å²) in [5, 5.41) is 0. The summed E-state index contributed by atoms with van der Waals surface area (Å²) in [5.74, 6) is -0.0310. The first kappa shape index (κ1) is 16.3. The van der Waals surface area contributed by atoms with Crippen LogP contribution in [0, 0.1) is 10.8 Å². The molecule has 2 nitrogen and oxygen atoms in total. The Morgan fingerprint density at radius 3 is 2.16 bits per heavy atom. The van der Waals surface area contributed by atoms with Gasteiger partial charge in [-0.25, -0.2) is 0 Å². The molecule has 0 saturated heterocycles. The molecule has 1 rings (SSSR count). The van der Waals surface area contributed by atoms with E-state index in [0.717, 1.165) is 25.7 Å². The van der Waals surface area contributed by atoms with Crippen molar-refractivity contribution in [2.75, 3.05) is 0 Å². The van der Waals surface area contributed by atoms with Crippen molar-refractivity contribution >= 4 is 5.97 Å². The van der Waals surface area contributed by atoms with E-state index in [0.29, 0.717) is 0 Å². The van der Waals surface area contributed by atoms with E-state index in [2.05, 4.69) is 54.5 Å². The second kappa shape index (κ2) is 5.30. The molecule has 0 aromatic rings. The van der Waals surface area contributed by atoms with Gasteiger partial charge in [0, 0.05) is 0 Å². The van der Waals surface area contributed by atoms with Crippen molar-refractivity contribution in [1.29, 1.82) is 0 Å². The van der Waals surface area contributed by atoms with Crippen LogP contribution in [-0.4, -0.2) is 11.6 Å². The summed E-state index contributed by atoms with van der Waals surface area (Å²) in [6, 6.07) is 0. The van der Waals surface area contributed by atoms with Crippen LogP contribution in [0.15, 0.2) is 11.6 Å². The minimum absolute atomic E-state index is 0.0300. The van der Waals surface area contributed by atoms with Crippen molar-refractivity contribution in [2.24, 2.45) is 10.8 Å². The number of carbonyl (C=O) groups excluding carboxylic acids is 1. The molecule has 2 heteroatoms. The summed E-state index contributed by atoms with van der Waals surface area (Å²) < 4.78 is 5.91. The summed E-state index contributed by atoms with van der Waals surface area (Å²) in [6.07, 6.45) is 5.85. The van der Waals surface area contributed by atoms with Crippen molar-refractivity contribution < 1.29 is 9.53 Å². The minimum Gasteiger partial charge on any atom is -0.459 e. The van der Waals surface area contributed by atoms with E-state index < -0.39 is 5.41 Å². The van der Waals surface area contributed by atoms with Crippen LogP contribution in [0.1, 0.15) is 74.1 Å². The van der Waals surface area contributed by atoms with Gasteiger partial charge in [0.15, 0.2) is 0 Å². The SMILES string of the molecule is CCCC(C)(CC)OC(=O)C1(C=C(C)C)CC1(C)C. The molecule has 1 saturated carbocycles. The highest BCUT2D eigenvalue weighted by molar-refractivity contribution is 5.84. The van der Waals surface area contributed by atoms with Gasteiger partial charge in [-0.15, -0.1) is 0 Å². The smallest absolute Gasteiger partial charge is 0.317 e. The molecule has 0 heterocycles. The summed E-state index contributed by atoms with van der Waals surface area (Å²) in [6.45, 7) is 14.7.